The molecule has 5 atom stereocenters. The summed E-state index contributed by atoms with van der Waals surface area (Å²) in [5, 5.41) is 17.5. The van der Waals surface area contributed by atoms with Gasteiger partial charge in [-0.3, -0.25) is 4.79 Å². The predicted octanol–water partition coefficient (Wildman–Crippen LogP) is 3.41. The first-order chi connectivity index (χ1) is 13.9. The number of rotatable bonds is 5. The van der Waals surface area contributed by atoms with Crippen molar-refractivity contribution >= 4 is 23.1 Å². The number of benzene rings is 1. The van der Waals surface area contributed by atoms with Crippen molar-refractivity contribution in [2.45, 2.75) is 43.7 Å². The zero-order valence-corrected chi connectivity index (χ0v) is 16.1. The van der Waals surface area contributed by atoms with E-state index in [0.717, 1.165) is 32.1 Å². The van der Waals surface area contributed by atoms with E-state index in [9.17, 15) is 14.3 Å². The maximum atomic E-state index is 13.1. The van der Waals surface area contributed by atoms with Gasteiger partial charge in [-0.05, 0) is 74.1 Å². The minimum absolute atomic E-state index is 0.214. The molecule has 5 N–H and O–H groups in total. The van der Waals surface area contributed by atoms with Crippen LogP contribution in [0.25, 0.3) is 0 Å². The molecule has 29 heavy (non-hydrogen) atoms. The van der Waals surface area contributed by atoms with E-state index in [4.69, 9.17) is 5.73 Å². The van der Waals surface area contributed by atoms with Gasteiger partial charge in [-0.15, -0.1) is 0 Å². The van der Waals surface area contributed by atoms with Crippen molar-refractivity contribution in [1.82, 2.24) is 4.98 Å². The van der Waals surface area contributed by atoms with Gasteiger partial charge in [-0.2, -0.15) is 0 Å². The van der Waals surface area contributed by atoms with E-state index in [1.165, 1.54) is 18.3 Å². The molecule has 7 heteroatoms. The molecular formula is C22H25FN4O2. The van der Waals surface area contributed by atoms with Gasteiger partial charge in [0.25, 0.3) is 5.91 Å². The number of carbonyl (C=O) groups is 1. The molecule has 0 radical (unpaired) electrons. The van der Waals surface area contributed by atoms with Crippen molar-refractivity contribution in [2.24, 2.45) is 23.5 Å². The molecule has 4 fully saturated rings. The van der Waals surface area contributed by atoms with E-state index in [-0.39, 0.29) is 11.9 Å². The highest BCUT2D eigenvalue weighted by molar-refractivity contribution is 5.98. The minimum atomic E-state index is -0.532. The van der Waals surface area contributed by atoms with Crippen LogP contribution in [-0.4, -0.2) is 27.6 Å². The number of hydrogen-bond donors (Lipinski definition) is 4. The summed E-state index contributed by atoms with van der Waals surface area (Å²) in [6.07, 6.45) is 6.27. The topological polar surface area (TPSA) is 100 Å². The molecule has 4 saturated carbocycles. The number of primary amides is 1. The molecule has 0 saturated heterocycles. The van der Waals surface area contributed by atoms with E-state index in [0.29, 0.717) is 40.5 Å². The second-order valence-corrected chi connectivity index (χ2v) is 8.98. The normalized spacial score (nSPS) is 32.2. The van der Waals surface area contributed by atoms with E-state index in [1.807, 2.05) is 0 Å². The van der Waals surface area contributed by atoms with Gasteiger partial charge in [0.15, 0.2) is 0 Å². The van der Waals surface area contributed by atoms with Gasteiger partial charge in [-0.25, -0.2) is 9.37 Å². The molecule has 1 unspecified atom stereocenters. The van der Waals surface area contributed by atoms with Gasteiger partial charge in [0, 0.05) is 24.0 Å². The number of halogens is 1. The maximum absolute atomic E-state index is 13.1. The van der Waals surface area contributed by atoms with Crippen LogP contribution in [0.2, 0.25) is 0 Å². The molecule has 1 amide bonds. The first kappa shape index (κ1) is 18.4. The quantitative estimate of drug-likeness (QED) is 0.621. The van der Waals surface area contributed by atoms with Crippen LogP contribution in [0.4, 0.5) is 21.6 Å². The van der Waals surface area contributed by atoms with Crippen molar-refractivity contribution < 1.29 is 14.3 Å². The van der Waals surface area contributed by atoms with Gasteiger partial charge >= 0.3 is 0 Å². The Hall–Kier alpha value is -2.67. The minimum Gasteiger partial charge on any atom is -0.390 e. The number of nitrogens with zero attached hydrogens (tertiary/aromatic N) is 1. The lowest BCUT2D eigenvalue weighted by atomic mass is 9.52. The number of nitrogens with one attached hydrogen (secondary N) is 2. The Morgan fingerprint density at radius 2 is 1.86 bits per heavy atom. The van der Waals surface area contributed by atoms with Crippen LogP contribution in [0.1, 0.15) is 42.5 Å². The number of aliphatic hydroxyl groups is 1. The summed E-state index contributed by atoms with van der Waals surface area (Å²) in [6.45, 7) is 0. The molecule has 1 heterocycles. The standard InChI is InChI=1S/C22H25FN4O2/c23-15-1-3-16(4-2-15)26-19-7-18(17(11-25-19)21(24)28)27-20-13-5-12-6-14(20)10-22(29,8-12)9-13/h1-4,7,11-14,20,29H,5-6,8-10H2,(H2,24,28)(H2,25,26,27)/t12?,13-,14+,20-,22-. The van der Waals surface area contributed by atoms with Crippen LogP contribution in [0.3, 0.4) is 0 Å². The monoisotopic (exact) mass is 396 g/mol. The summed E-state index contributed by atoms with van der Waals surface area (Å²) < 4.78 is 13.1. The summed E-state index contributed by atoms with van der Waals surface area (Å²) in [6, 6.07) is 8.00. The van der Waals surface area contributed by atoms with Crippen LogP contribution in [0.5, 0.6) is 0 Å². The number of hydrogen-bond acceptors (Lipinski definition) is 5. The Bertz CT molecular complexity index is 932. The van der Waals surface area contributed by atoms with Crippen molar-refractivity contribution in [3.8, 4) is 0 Å². The molecule has 4 aliphatic rings. The Labute approximate surface area is 168 Å². The fraction of sp³-hybridized carbons (Fsp3) is 0.455. The fourth-order valence-electron chi connectivity index (χ4n) is 5.92. The second kappa shape index (κ2) is 6.69. The molecule has 2 aromatic rings. The fourth-order valence-corrected chi connectivity index (χ4v) is 5.92. The van der Waals surface area contributed by atoms with Gasteiger partial charge in [0.1, 0.15) is 11.6 Å². The molecule has 152 valence electrons. The second-order valence-electron chi connectivity index (χ2n) is 8.98. The lowest BCUT2D eigenvalue weighted by Crippen LogP contribution is -2.59. The summed E-state index contributed by atoms with van der Waals surface area (Å²) >= 11 is 0. The molecule has 6 rings (SSSR count). The third kappa shape index (κ3) is 3.44. The maximum Gasteiger partial charge on any atom is 0.252 e. The Morgan fingerprint density at radius 3 is 2.48 bits per heavy atom. The first-order valence-electron chi connectivity index (χ1n) is 10.2. The molecule has 4 bridgehead atoms. The highest BCUT2D eigenvalue weighted by Gasteiger charge is 2.54. The Balaban J connectivity index is 1.41. The molecule has 0 spiro atoms. The van der Waals surface area contributed by atoms with E-state index >= 15 is 0 Å². The highest BCUT2D eigenvalue weighted by Crippen LogP contribution is 2.56. The van der Waals surface area contributed by atoms with Crippen molar-refractivity contribution in [1.29, 1.82) is 0 Å². The van der Waals surface area contributed by atoms with Gasteiger partial charge in [0.2, 0.25) is 0 Å². The highest BCUT2D eigenvalue weighted by atomic mass is 19.1. The lowest BCUT2D eigenvalue weighted by Gasteiger charge is -2.58. The van der Waals surface area contributed by atoms with Crippen LogP contribution < -0.4 is 16.4 Å². The average molecular weight is 396 g/mol. The SMILES string of the molecule is NC(=O)c1cnc(Nc2ccc(F)cc2)cc1N[C@@H]1[C@@H]2CC3C[C@H]1C[C@@](O)(C3)C2. The number of anilines is 3. The number of nitrogens with two attached hydrogens (primary N) is 1. The number of carbonyl (C=O) groups excluding carboxylic acids is 1. The van der Waals surface area contributed by atoms with E-state index < -0.39 is 11.5 Å². The summed E-state index contributed by atoms with van der Waals surface area (Å²) in [5.74, 6) is 1.11. The molecule has 0 aliphatic heterocycles. The zero-order chi connectivity index (χ0) is 20.2. The molecule has 4 aliphatic carbocycles. The van der Waals surface area contributed by atoms with Crippen molar-refractivity contribution in [3.63, 3.8) is 0 Å². The summed E-state index contributed by atoms with van der Waals surface area (Å²) in [5.41, 5.74) is 6.78. The molecule has 1 aromatic carbocycles. The molecule has 1 aromatic heterocycles. The molecule has 6 nitrogen and oxygen atoms in total. The van der Waals surface area contributed by atoms with Gasteiger partial charge in [0.05, 0.1) is 16.9 Å². The largest absolute Gasteiger partial charge is 0.390 e. The smallest absolute Gasteiger partial charge is 0.252 e. The summed E-state index contributed by atoms with van der Waals surface area (Å²) in [4.78, 5) is 16.3. The predicted molar refractivity (Wildman–Crippen MR) is 108 cm³/mol. The number of aromatic nitrogens is 1. The number of pyridine rings is 1. The Kier molecular flexibility index (Phi) is 4.24. The van der Waals surface area contributed by atoms with E-state index in [2.05, 4.69) is 15.6 Å². The van der Waals surface area contributed by atoms with Crippen LogP contribution >= 0.6 is 0 Å². The average Bonchev–Trinajstić information content (AvgIpc) is 2.65. The van der Waals surface area contributed by atoms with Crippen molar-refractivity contribution in [2.75, 3.05) is 10.6 Å². The Morgan fingerprint density at radius 1 is 1.17 bits per heavy atom. The van der Waals surface area contributed by atoms with E-state index in [1.54, 1.807) is 18.2 Å². The van der Waals surface area contributed by atoms with Gasteiger partial charge in [-0.1, -0.05) is 0 Å². The van der Waals surface area contributed by atoms with Crippen molar-refractivity contribution in [3.05, 3.63) is 47.9 Å². The first-order valence-corrected chi connectivity index (χ1v) is 10.2. The lowest BCUT2D eigenvalue weighted by molar-refractivity contribution is -0.129. The van der Waals surface area contributed by atoms with Crippen LogP contribution in [0, 0.1) is 23.6 Å². The molecular weight excluding hydrogens is 371 g/mol. The van der Waals surface area contributed by atoms with Crippen LogP contribution in [0.15, 0.2) is 36.5 Å². The number of amides is 1. The zero-order valence-electron chi connectivity index (χ0n) is 16.1. The third-order valence-corrected chi connectivity index (χ3v) is 6.85. The summed E-state index contributed by atoms with van der Waals surface area (Å²) in [7, 11) is 0. The van der Waals surface area contributed by atoms with Crippen LogP contribution in [-0.2, 0) is 0 Å². The van der Waals surface area contributed by atoms with Gasteiger partial charge < -0.3 is 21.5 Å². The third-order valence-electron chi connectivity index (χ3n) is 6.85.